The number of amides is 1. The van der Waals surface area contributed by atoms with Crippen LogP contribution in [-0.4, -0.2) is 73.2 Å². The van der Waals surface area contributed by atoms with Crippen molar-refractivity contribution in [1.82, 2.24) is 15.0 Å². The largest absolute Gasteiger partial charge is 0.451 e. The minimum atomic E-state index is -4.94. The van der Waals surface area contributed by atoms with Crippen LogP contribution in [0.4, 0.5) is 23.2 Å². The van der Waals surface area contributed by atoms with Crippen LogP contribution in [0.1, 0.15) is 54.2 Å². The van der Waals surface area contributed by atoms with Gasteiger partial charge in [0.05, 0.1) is 17.2 Å². The summed E-state index contributed by atoms with van der Waals surface area (Å²) in [6.45, 7) is 1.34. The molecule has 1 atom stereocenters. The van der Waals surface area contributed by atoms with Gasteiger partial charge in [0.1, 0.15) is 12.1 Å². The Morgan fingerprint density at radius 1 is 1.08 bits per heavy atom. The van der Waals surface area contributed by atoms with Crippen molar-refractivity contribution in [1.29, 1.82) is 0 Å². The van der Waals surface area contributed by atoms with E-state index in [1.54, 1.807) is 0 Å². The van der Waals surface area contributed by atoms with Crippen molar-refractivity contribution in [3.05, 3.63) is 47.9 Å². The average Bonchev–Trinajstić information content (AvgIpc) is 3.36. The first-order chi connectivity index (χ1) is 17.5. The van der Waals surface area contributed by atoms with E-state index >= 15 is 4.39 Å². The zero-order valence-electron chi connectivity index (χ0n) is 20.1. The minimum Gasteiger partial charge on any atom is -0.451 e. The summed E-state index contributed by atoms with van der Waals surface area (Å²) in [6.07, 6.45) is 0.401. The first-order valence-corrected chi connectivity index (χ1v) is 14.1. The lowest BCUT2D eigenvalue weighted by molar-refractivity contribution is -0.215. The molecule has 37 heavy (non-hydrogen) atoms. The van der Waals surface area contributed by atoms with Crippen LogP contribution in [0.3, 0.4) is 0 Å². The molecule has 3 fully saturated rings. The van der Waals surface area contributed by atoms with Gasteiger partial charge in [0, 0.05) is 31.6 Å². The van der Waals surface area contributed by atoms with Crippen molar-refractivity contribution in [2.45, 2.75) is 44.3 Å². The fraction of sp³-hybridized carbons (Fsp3) is 0.583. The number of hydrazine groups is 1. The van der Waals surface area contributed by atoms with Gasteiger partial charge in [-0.15, -0.1) is 0 Å². The number of carbonyl (C=O) groups is 1. The van der Waals surface area contributed by atoms with Gasteiger partial charge in [0.25, 0.3) is 5.91 Å². The molecule has 13 heteroatoms. The van der Waals surface area contributed by atoms with E-state index in [-0.39, 0.29) is 36.0 Å². The van der Waals surface area contributed by atoms with Gasteiger partial charge in [0.2, 0.25) is 0 Å². The Labute approximate surface area is 212 Å². The van der Waals surface area contributed by atoms with Gasteiger partial charge in [-0.1, -0.05) is 6.07 Å². The second-order valence-electron chi connectivity index (χ2n) is 10.2. The van der Waals surface area contributed by atoms with Crippen LogP contribution in [0.25, 0.3) is 0 Å². The molecule has 8 nitrogen and oxygen atoms in total. The number of rotatable bonds is 5. The molecule has 202 valence electrons. The van der Waals surface area contributed by atoms with E-state index in [0.717, 1.165) is 38.0 Å². The molecule has 1 aromatic heterocycles. The van der Waals surface area contributed by atoms with Gasteiger partial charge in [0.15, 0.2) is 28.0 Å². The number of carbonyl (C=O) groups excluding carboxylic acids is 1. The number of hydrogen-bond donors (Lipinski definition) is 0. The Morgan fingerprint density at radius 3 is 2.30 bits per heavy atom. The molecule has 1 aromatic carbocycles. The number of aromatic nitrogens is 1. The molecule has 0 N–H and O–H groups in total. The average molecular weight is 545 g/mol. The molecule has 3 aliphatic rings. The van der Waals surface area contributed by atoms with Crippen molar-refractivity contribution in [3.8, 4) is 0 Å². The van der Waals surface area contributed by atoms with E-state index in [1.807, 2.05) is 4.90 Å². The molecule has 0 bridgehead atoms. The second-order valence-corrected chi connectivity index (χ2v) is 12.3. The molecular weight excluding hydrogens is 516 g/mol. The van der Waals surface area contributed by atoms with E-state index < -0.39 is 44.8 Å². The Morgan fingerprint density at radius 2 is 1.76 bits per heavy atom. The van der Waals surface area contributed by atoms with Crippen LogP contribution in [0, 0.1) is 11.2 Å². The van der Waals surface area contributed by atoms with E-state index in [1.165, 1.54) is 17.1 Å². The Kier molecular flexibility index (Phi) is 6.71. The molecule has 1 spiro atoms. The molecule has 0 aliphatic carbocycles. The fourth-order valence-electron chi connectivity index (χ4n) is 5.76. The van der Waals surface area contributed by atoms with E-state index in [9.17, 15) is 26.4 Å². The van der Waals surface area contributed by atoms with Crippen molar-refractivity contribution >= 4 is 21.4 Å². The highest BCUT2D eigenvalue weighted by Crippen LogP contribution is 2.45. The predicted molar refractivity (Wildman–Crippen MR) is 126 cm³/mol. The molecule has 4 heterocycles. The highest BCUT2D eigenvalue weighted by Gasteiger charge is 2.54. The maximum atomic E-state index is 15.2. The molecule has 3 aliphatic heterocycles. The van der Waals surface area contributed by atoms with E-state index in [0.29, 0.717) is 30.9 Å². The second kappa shape index (κ2) is 9.57. The molecule has 0 radical (unpaired) electrons. The van der Waals surface area contributed by atoms with Gasteiger partial charge >= 0.3 is 6.18 Å². The summed E-state index contributed by atoms with van der Waals surface area (Å²) in [7, 11) is -3.13. The van der Waals surface area contributed by atoms with Gasteiger partial charge in [-0.2, -0.15) is 13.2 Å². The van der Waals surface area contributed by atoms with Crippen LogP contribution >= 0.6 is 0 Å². The third kappa shape index (κ3) is 5.20. The van der Waals surface area contributed by atoms with Crippen molar-refractivity contribution in [3.63, 3.8) is 0 Å². The summed E-state index contributed by atoms with van der Waals surface area (Å²) in [5, 5.41) is 1.87. The maximum absolute atomic E-state index is 15.2. The molecule has 5 rings (SSSR count). The summed E-state index contributed by atoms with van der Waals surface area (Å²) in [4.78, 5) is 18.9. The number of piperidine rings is 2. The third-order valence-electron chi connectivity index (χ3n) is 7.56. The standard InChI is InChI=1S/C24H28F4N4O4S/c25-18-12-17(4-5-20(18)30-8-2-1-3-9-30)21(24(26,27)28)32(22(33)19-13-36-16-29-19)31-10-6-23(7-11-31)14-37(34,35)15-23/h4-5,12-13,16,21H,1-3,6-11,14-15H2. The zero-order chi connectivity index (χ0) is 26.4. The highest BCUT2D eigenvalue weighted by molar-refractivity contribution is 7.92. The first kappa shape index (κ1) is 26.0. The number of sulfone groups is 1. The Hall–Kier alpha value is -2.67. The molecule has 1 amide bonds. The normalized spacial score (nSPS) is 22.4. The van der Waals surface area contributed by atoms with Crippen LogP contribution in [0.15, 0.2) is 35.3 Å². The number of alkyl halides is 3. The fourth-order valence-corrected chi connectivity index (χ4v) is 8.12. The van der Waals surface area contributed by atoms with Crippen molar-refractivity contribution in [2.24, 2.45) is 5.41 Å². The minimum absolute atomic E-state index is 0.00303. The van der Waals surface area contributed by atoms with Crippen molar-refractivity contribution < 1.29 is 35.2 Å². The monoisotopic (exact) mass is 544 g/mol. The summed E-state index contributed by atoms with van der Waals surface area (Å²) in [6, 6.07) is 0.950. The zero-order valence-corrected chi connectivity index (χ0v) is 20.9. The summed E-state index contributed by atoms with van der Waals surface area (Å²) < 4.78 is 87.5. The van der Waals surface area contributed by atoms with Crippen LogP contribution in [-0.2, 0) is 9.84 Å². The lowest BCUT2D eigenvalue weighted by Crippen LogP contribution is -2.60. The number of benzene rings is 1. The smallest absolute Gasteiger partial charge is 0.414 e. The lowest BCUT2D eigenvalue weighted by atomic mass is 9.81. The van der Waals surface area contributed by atoms with Gasteiger partial charge in [-0.05, 0) is 49.8 Å². The summed E-state index contributed by atoms with van der Waals surface area (Å²) >= 11 is 0. The van der Waals surface area contributed by atoms with Crippen LogP contribution < -0.4 is 4.90 Å². The van der Waals surface area contributed by atoms with Crippen LogP contribution in [0.5, 0.6) is 0 Å². The number of anilines is 1. The number of oxazole rings is 1. The summed E-state index contributed by atoms with van der Waals surface area (Å²) in [5.41, 5.74) is -0.960. The van der Waals surface area contributed by atoms with Crippen LogP contribution in [0.2, 0.25) is 0 Å². The molecule has 0 saturated carbocycles. The highest BCUT2D eigenvalue weighted by atomic mass is 32.2. The Balaban J connectivity index is 1.48. The maximum Gasteiger partial charge on any atom is 0.414 e. The Bertz CT molecular complexity index is 1220. The van der Waals surface area contributed by atoms with Gasteiger partial charge in [-0.25, -0.2) is 22.8 Å². The topological polar surface area (TPSA) is 87.0 Å². The lowest BCUT2D eigenvalue weighted by Gasteiger charge is -2.50. The molecule has 2 aromatic rings. The van der Waals surface area contributed by atoms with Crippen molar-refractivity contribution in [2.75, 3.05) is 42.6 Å². The number of halogens is 4. The third-order valence-corrected chi connectivity index (χ3v) is 9.66. The quantitative estimate of drug-likeness (QED) is 0.527. The summed E-state index contributed by atoms with van der Waals surface area (Å²) in [5.74, 6) is -1.82. The van der Waals surface area contributed by atoms with Gasteiger partial charge in [-0.3, -0.25) is 9.80 Å². The first-order valence-electron chi connectivity index (χ1n) is 12.3. The molecule has 1 unspecified atom stereocenters. The number of nitrogens with zero attached hydrogens (tertiary/aromatic N) is 4. The molecule has 3 saturated heterocycles. The SMILES string of the molecule is O=C(c1cocn1)N(C(c1ccc(N2CCCCC2)c(F)c1)C(F)(F)F)N1CCC2(CC1)CS(=O)(=O)C2. The number of hydrogen-bond acceptors (Lipinski definition) is 7. The van der Waals surface area contributed by atoms with E-state index in [2.05, 4.69) is 4.98 Å². The molecular formula is C24H28F4N4O4S. The predicted octanol–water partition coefficient (Wildman–Crippen LogP) is 3.98. The van der Waals surface area contributed by atoms with E-state index in [4.69, 9.17) is 4.42 Å². The van der Waals surface area contributed by atoms with Gasteiger partial charge < -0.3 is 9.32 Å².